The Bertz CT molecular complexity index is 535. The highest BCUT2D eigenvalue weighted by molar-refractivity contribution is 5.92. The largest absolute Gasteiger partial charge is 0.388 e. The topological polar surface area (TPSA) is 52.6 Å². The van der Waals surface area contributed by atoms with Crippen LogP contribution in [0, 0.1) is 5.41 Å². The van der Waals surface area contributed by atoms with Crippen molar-refractivity contribution in [2.75, 3.05) is 12.4 Å². The molecule has 1 aromatic rings. The Labute approximate surface area is 119 Å². The highest BCUT2D eigenvalue weighted by Crippen LogP contribution is 2.47. The maximum absolute atomic E-state index is 11.6. The van der Waals surface area contributed by atoms with E-state index >= 15 is 0 Å². The molecule has 3 rings (SSSR count). The number of hydrogen-bond acceptors (Lipinski definition) is 2. The molecule has 2 amide bonds. The van der Waals surface area contributed by atoms with Crippen molar-refractivity contribution in [3.8, 4) is 0 Å². The van der Waals surface area contributed by atoms with Crippen LogP contribution in [0.25, 0.3) is 0 Å². The SMILES string of the molecule is CN1Cc2cc(C(O)C3(C)CCCC3)ccc2NC1=O. The van der Waals surface area contributed by atoms with E-state index in [1.807, 2.05) is 18.2 Å². The number of carbonyl (C=O) groups is 1. The molecule has 0 radical (unpaired) electrons. The van der Waals surface area contributed by atoms with Gasteiger partial charge in [0.25, 0.3) is 0 Å². The molecule has 4 nitrogen and oxygen atoms in total. The fourth-order valence-corrected chi connectivity index (χ4v) is 3.43. The van der Waals surface area contributed by atoms with Gasteiger partial charge in [0.2, 0.25) is 0 Å². The summed E-state index contributed by atoms with van der Waals surface area (Å²) in [5.74, 6) is 0. The van der Waals surface area contributed by atoms with Crippen LogP contribution in [0.1, 0.15) is 49.8 Å². The van der Waals surface area contributed by atoms with E-state index in [2.05, 4.69) is 12.2 Å². The molecule has 0 spiro atoms. The van der Waals surface area contributed by atoms with Crippen molar-refractivity contribution in [3.63, 3.8) is 0 Å². The molecule has 4 heteroatoms. The standard InChI is InChI=1S/C16H22N2O2/c1-16(7-3-4-8-16)14(19)11-5-6-13-12(9-11)10-18(2)15(20)17-13/h5-6,9,14,19H,3-4,7-8,10H2,1-2H3,(H,17,20). The van der Waals surface area contributed by atoms with Crippen molar-refractivity contribution in [2.24, 2.45) is 5.41 Å². The molecule has 1 aliphatic heterocycles. The smallest absolute Gasteiger partial charge is 0.321 e. The fraction of sp³-hybridized carbons (Fsp3) is 0.562. The molecule has 1 heterocycles. The van der Waals surface area contributed by atoms with Gasteiger partial charge in [-0.3, -0.25) is 0 Å². The minimum atomic E-state index is -0.418. The van der Waals surface area contributed by atoms with Crippen LogP contribution < -0.4 is 5.32 Å². The van der Waals surface area contributed by atoms with Gasteiger partial charge in [0.1, 0.15) is 0 Å². The molecule has 0 bridgehead atoms. The predicted octanol–water partition coefficient (Wildman–Crippen LogP) is 3.28. The zero-order valence-corrected chi connectivity index (χ0v) is 12.1. The number of anilines is 1. The number of aliphatic hydroxyl groups excluding tert-OH is 1. The van der Waals surface area contributed by atoms with Crippen molar-refractivity contribution < 1.29 is 9.90 Å². The average molecular weight is 274 g/mol. The van der Waals surface area contributed by atoms with E-state index in [0.29, 0.717) is 6.54 Å². The summed E-state index contributed by atoms with van der Waals surface area (Å²) in [6.07, 6.45) is 4.16. The van der Waals surface area contributed by atoms with Crippen LogP contribution in [0.4, 0.5) is 10.5 Å². The Hall–Kier alpha value is -1.55. The van der Waals surface area contributed by atoms with Gasteiger partial charge in [-0.25, -0.2) is 4.79 Å². The second-order valence-electron chi connectivity index (χ2n) is 6.47. The Morgan fingerprint density at radius 1 is 1.35 bits per heavy atom. The quantitative estimate of drug-likeness (QED) is 0.869. The Kier molecular flexibility index (Phi) is 3.21. The van der Waals surface area contributed by atoms with Gasteiger partial charge in [0.05, 0.1) is 6.10 Å². The Morgan fingerprint density at radius 2 is 2.05 bits per heavy atom. The molecule has 2 aliphatic rings. The number of hydrogen-bond donors (Lipinski definition) is 2. The number of benzene rings is 1. The molecule has 1 fully saturated rings. The lowest BCUT2D eigenvalue weighted by molar-refractivity contribution is 0.0407. The molecule has 1 aromatic carbocycles. The summed E-state index contributed by atoms with van der Waals surface area (Å²) in [4.78, 5) is 13.2. The van der Waals surface area contributed by atoms with E-state index in [1.165, 1.54) is 12.8 Å². The molecule has 108 valence electrons. The van der Waals surface area contributed by atoms with E-state index in [1.54, 1.807) is 11.9 Å². The van der Waals surface area contributed by atoms with Crippen LogP contribution in [0.3, 0.4) is 0 Å². The van der Waals surface area contributed by atoms with Crippen molar-refractivity contribution >= 4 is 11.7 Å². The first-order valence-electron chi connectivity index (χ1n) is 7.33. The fourth-order valence-electron chi connectivity index (χ4n) is 3.43. The van der Waals surface area contributed by atoms with Crippen LogP contribution in [0.2, 0.25) is 0 Å². The number of carbonyl (C=O) groups excluding carboxylic acids is 1. The van der Waals surface area contributed by atoms with Gasteiger partial charge in [-0.2, -0.15) is 0 Å². The molecule has 1 atom stereocenters. The monoisotopic (exact) mass is 274 g/mol. The van der Waals surface area contributed by atoms with Crippen LogP contribution in [0.5, 0.6) is 0 Å². The van der Waals surface area contributed by atoms with Crippen molar-refractivity contribution in [3.05, 3.63) is 29.3 Å². The lowest BCUT2D eigenvalue weighted by atomic mass is 9.79. The molecule has 0 aromatic heterocycles. The van der Waals surface area contributed by atoms with Gasteiger partial charge >= 0.3 is 6.03 Å². The van der Waals surface area contributed by atoms with E-state index in [4.69, 9.17) is 0 Å². The summed E-state index contributed by atoms with van der Waals surface area (Å²) in [5, 5.41) is 13.6. The normalized spacial score (nSPS) is 22.4. The molecular weight excluding hydrogens is 252 g/mol. The molecule has 20 heavy (non-hydrogen) atoms. The Morgan fingerprint density at radius 3 is 2.75 bits per heavy atom. The van der Waals surface area contributed by atoms with Gasteiger partial charge in [-0.1, -0.05) is 25.8 Å². The summed E-state index contributed by atoms with van der Waals surface area (Å²) in [6.45, 7) is 2.77. The minimum Gasteiger partial charge on any atom is -0.388 e. The Balaban J connectivity index is 1.89. The van der Waals surface area contributed by atoms with E-state index < -0.39 is 6.10 Å². The number of amides is 2. The first-order valence-corrected chi connectivity index (χ1v) is 7.33. The van der Waals surface area contributed by atoms with Crippen molar-refractivity contribution in [1.82, 2.24) is 4.90 Å². The van der Waals surface area contributed by atoms with E-state index in [-0.39, 0.29) is 11.4 Å². The molecular formula is C16H22N2O2. The third-order valence-electron chi connectivity index (χ3n) is 4.85. The predicted molar refractivity (Wildman–Crippen MR) is 78.5 cm³/mol. The molecule has 1 unspecified atom stereocenters. The summed E-state index contributed by atoms with van der Waals surface area (Å²) in [5.41, 5.74) is 2.90. The molecule has 1 saturated carbocycles. The number of nitrogens with zero attached hydrogens (tertiary/aromatic N) is 1. The number of aliphatic hydroxyl groups is 1. The summed E-state index contributed by atoms with van der Waals surface area (Å²) in [6, 6.07) is 5.82. The first-order chi connectivity index (χ1) is 9.49. The highest BCUT2D eigenvalue weighted by atomic mass is 16.3. The van der Waals surface area contributed by atoms with Gasteiger partial charge in [-0.15, -0.1) is 0 Å². The second-order valence-corrected chi connectivity index (χ2v) is 6.47. The number of rotatable bonds is 2. The number of fused-ring (bicyclic) bond motifs is 1. The molecule has 0 saturated heterocycles. The second kappa shape index (κ2) is 4.77. The summed E-state index contributed by atoms with van der Waals surface area (Å²) >= 11 is 0. The van der Waals surface area contributed by atoms with Gasteiger partial charge in [0, 0.05) is 19.3 Å². The van der Waals surface area contributed by atoms with Crippen LogP contribution in [-0.2, 0) is 6.54 Å². The lowest BCUT2D eigenvalue weighted by Crippen LogP contribution is -2.35. The third-order valence-corrected chi connectivity index (χ3v) is 4.85. The van der Waals surface area contributed by atoms with Crippen LogP contribution >= 0.6 is 0 Å². The van der Waals surface area contributed by atoms with Gasteiger partial charge < -0.3 is 15.3 Å². The minimum absolute atomic E-state index is 0.00193. The average Bonchev–Trinajstić information content (AvgIpc) is 2.87. The molecule has 2 N–H and O–H groups in total. The maximum atomic E-state index is 11.6. The summed E-state index contributed by atoms with van der Waals surface area (Å²) < 4.78 is 0. The van der Waals surface area contributed by atoms with Crippen LogP contribution in [0.15, 0.2) is 18.2 Å². The zero-order chi connectivity index (χ0) is 14.3. The third kappa shape index (κ3) is 2.18. The molecule has 1 aliphatic carbocycles. The van der Waals surface area contributed by atoms with Crippen molar-refractivity contribution in [1.29, 1.82) is 0 Å². The van der Waals surface area contributed by atoms with Crippen molar-refractivity contribution in [2.45, 2.75) is 45.3 Å². The number of urea groups is 1. The first kappa shape index (κ1) is 13.4. The zero-order valence-electron chi connectivity index (χ0n) is 12.1. The summed E-state index contributed by atoms with van der Waals surface area (Å²) in [7, 11) is 1.78. The number of nitrogens with one attached hydrogen (secondary N) is 1. The maximum Gasteiger partial charge on any atom is 0.321 e. The lowest BCUT2D eigenvalue weighted by Gasteiger charge is -2.32. The van der Waals surface area contributed by atoms with E-state index in [9.17, 15) is 9.90 Å². The van der Waals surface area contributed by atoms with Gasteiger partial charge in [-0.05, 0) is 41.5 Å². The van der Waals surface area contributed by atoms with Gasteiger partial charge in [0.15, 0.2) is 0 Å². The highest BCUT2D eigenvalue weighted by Gasteiger charge is 2.37. The van der Waals surface area contributed by atoms with E-state index in [0.717, 1.165) is 29.7 Å². The van der Waals surface area contributed by atoms with Crippen LogP contribution in [-0.4, -0.2) is 23.1 Å².